The number of anilines is 1. The van der Waals surface area contributed by atoms with Crippen LogP contribution in [0.4, 0.5) is 5.69 Å². The molecule has 6 nitrogen and oxygen atoms in total. The number of carbonyl (C=O) groups is 2. The van der Waals surface area contributed by atoms with E-state index in [1.807, 2.05) is 17.4 Å². The first-order valence-corrected chi connectivity index (χ1v) is 6.24. The third-order valence-electron chi connectivity index (χ3n) is 3.02. The van der Waals surface area contributed by atoms with E-state index in [1.54, 1.807) is 19.2 Å². The zero-order valence-electron chi connectivity index (χ0n) is 10.8. The van der Waals surface area contributed by atoms with Gasteiger partial charge in [-0.25, -0.2) is 0 Å². The van der Waals surface area contributed by atoms with Gasteiger partial charge >= 0.3 is 0 Å². The van der Waals surface area contributed by atoms with E-state index < -0.39 is 0 Å². The van der Waals surface area contributed by atoms with Gasteiger partial charge in [-0.1, -0.05) is 12.1 Å². The van der Waals surface area contributed by atoms with Crippen LogP contribution in [0.1, 0.15) is 6.42 Å². The maximum absolute atomic E-state index is 11.9. The van der Waals surface area contributed by atoms with Gasteiger partial charge in [-0.15, -0.1) is 0 Å². The molecule has 0 spiro atoms. The molecule has 1 heterocycles. The maximum atomic E-state index is 11.9. The number of methoxy groups -OCH3 is 1. The molecule has 6 heteroatoms. The van der Waals surface area contributed by atoms with Gasteiger partial charge in [-0.05, 0) is 12.1 Å². The number of ether oxygens (including phenoxy) is 1. The maximum Gasteiger partial charge on any atom is 0.278 e. The molecule has 19 heavy (non-hydrogen) atoms. The normalized spacial score (nSPS) is 18.6. The molecule has 0 bridgehead atoms. The number of piperazine rings is 1. The molecule has 2 rings (SSSR count). The minimum atomic E-state index is -0.344. The van der Waals surface area contributed by atoms with Crippen molar-refractivity contribution in [3.63, 3.8) is 0 Å². The highest BCUT2D eigenvalue weighted by molar-refractivity contribution is 5.95. The molecule has 1 aliphatic heterocycles. The summed E-state index contributed by atoms with van der Waals surface area (Å²) < 4.78 is 5.16. The molecule has 1 atom stereocenters. The number of para-hydroxylation sites is 2. The molecule has 1 aliphatic rings. The molecule has 0 aromatic heterocycles. The van der Waals surface area contributed by atoms with Crippen molar-refractivity contribution in [1.82, 2.24) is 5.32 Å². The van der Waals surface area contributed by atoms with Gasteiger partial charge in [0.25, 0.3) is 5.91 Å². The molecule has 4 N–H and O–H groups in total. The Hall–Kier alpha value is -2.08. The number of rotatable bonds is 4. The minimum absolute atomic E-state index is 0.0820. The van der Waals surface area contributed by atoms with Crippen LogP contribution in [-0.2, 0) is 9.59 Å². The Morgan fingerprint density at radius 2 is 2.32 bits per heavy atom. The summed E-state index contributed by atoms with van der Waals surface area (Å²) in [5.74, 6) is 0.331. The fraction of sp³-hybridized carbons (Fsp3) is 0.385. The van der Waals surface area contributed by atoms with Gasteiger partial charge in [0.2, 0.25) is 5.91 Å². The van der Waals surface area contributed by atoms with Crippen LogP contribution in [0.3, 0.4) is 0 Å². The number of nitrogens with two attached hydrogens (primary N) is 1. The van der Waals surface area contributed by atoms with Crippen molar-refractivity contribution >= 4 is 17.5 Å². The van der Waals surface area contributed by atoms with Crippen LogP contribution >= 0.6 is 0 Å². The van der Waals surface area contributed by atoms with E-state index in [1.165, 1.54) is 0 Å². The van der Waals surface area contributed by atoms with Crippen molar-refractivity contribution in [2.45, 2.75) is 12.5 Å². The molecule has 0 unspecified atom stereocenters. The Labute approximate surface area is 111 Å². The average molecular weight is 264 g/mol. The molecule has 0 saturated carbocycles. The zero-order chi connectivity index (χ0) is 13.7. The zero-order valence-corrected chi connectivity index (χ0v) is 10.8. The molecule has 102 valence electrons. The Bertz CT molecular complexity index is 476. The molecule has 0 aliphatic carbocycles. The van der Waals surface area contributed by atoms with Crippen LogP contribution in [-0.4, -0.2) is 38.1 Å². The van der Waals surface area contributed by atoms with Crippen molar-refractivity contribution in [3.8, 4) is 5.75 Å². The van der Waals surface area contributed by atoms with Crippen LogP contribution in [0.2, 0.25) is 0 Å². The number of hydrogen-bond donors (Lipinski definition) is 3. The smallest absolute Gasteiger partial charge is 0.278 e. The number of nitrogens with one attached hydrogen (secondary N) is 2. The minimum Gasteiger partial charge on any atom is -0.495 e. The SMILES string of the molecule is COc1ccccc1NC(=O)C[C@@H]1[NH2+]CCNC1=O. The summed E-state index contributed by atoms with van der Waals surface area (Å²) in [7, 11) is 1.55. The Morgan fingerprint density at radius 1 is 1.53 bits per heavy atom. The summed E-state index contributed by atoms with van der Waals surface area (Å²) in [6, 6.07) is 6.84. The summed E-state index contributed by atoms with van der Waals surface area (Å²) in [6.45, 7) is 1.46. The fourth-order valence-corrected chi connectivity index (χ4v) is 2.04. The number of benzene rings is 1. The van der Waals surface area contributed by atoms with E-state index in [2.05, 4.69) is 10.6 Å². The monoisotopic (exact) mass is 264 g/mol. The number of hydrogen-bond acceptors (Lipinski definition) is 3. The third-order valence-corrected chi connectivity index (χ3v) is 3.02. The lowest BCUT2D eigenvalue weighted by atomic mass is 10.1. The average Bonchev–Trinajstić information content (AvgIpc) is 2.42. The van der Waals surface area contributed by atoms with Crippen molar-refractivity contribution in [2.24, 2.45) is 0 Å². The molecule has 1 saturated heterocycles. The summed E-state index contributed by atoms with van der Waals surface area (Å²) in [4.78, 5) is 23.5. The summed E-state index contributed by atoms with van der Waals surface area (Å²) in [6.07, 6.45) is 0.157. The van der Waals surface area contributed by atoms with Crippen molar-refractivity contribution in [1.29, 1.82) is 0 Å². The van der Waals surface area contributed by atoms with E-state index in [0.29, 0.717) is 18.0 Å². The second kappa shape index (κ2) is 6.19. The van der Waals surface area contributed by atoms with Gasteiger partial charge in [0.1, 0.15) is 5.75 Å². The lowest BCUT2D eigenvalue weighted by Crippen LogP contribution is -2.96. The molecule has 2 amide bonds. The van der Waals surface area contributed by atoms with Crippen molar-refractivity contribution in [3.05, 3.63) is 24.3 Å². The fourth-order valence-electron chi connectivity index (χ4n) is 2.04. The third kappa shape index (κ3) is 3.45. The molecule has 1 aromatic rings. The lowest BCUT2D eigenvalue weighted by molar-refractivity contribution is -0.678. The van der Waals surface area contributed by atoms with Gasteiger partial charge in [0.15, 0.2) is 6.04 Å². The van der Waals surface area contributed by atoms with E-state index in [0.717, 1.165) is 6.54 Å². The first kappa shape index (κ1) is 13.4. The Kier molecular flexibility index (Phi) is 4.35. The summed E-state index contributed by atoms with van der Waals surface area (Å²) in [5.41, 5.74) is 0.617. The van der Waals surface area contributed by atoms with E-state index >= 15 is 0 Å². The largest absolute Gasteiger partial charge is 0.495 e. The molecular formula is C13H18N3O3+. The molecule has 1 fully saturated rings. The van der Waals surface area contributed by atoms with Crippen LogP contribution in [0.5, 0.6) is 5.75 Å². The quantitative estimate of drug-likeness (QED) is 0.658. The first-order valence-electron chi connectivity index (χ1n) is 6.24. The van der Waals surface area contributed by atoms with Gasteiger partial charge in [0, 0.05) is 0 Å². The van der Waals surface area contributed by atoms with E-state index in [-0.39, 0.29) is 24.3 Å². The van der Waals surface area contributed by atoms with Gasteiger partial charge < -0.3 is 20.7 Å². The standard InChI is InChI=1S/C13H17N3O3/c1-19-11-5-3-2-4-9(11)16-12(17)8-10-13(18)15-7-6-14-10/h2-5,10,14H,6-8H2,1H3,(H,15,18)(H,16,17)/p+1/t10-/m0/s1. The number of quaternary nitrogens is 1. The lowest BCUT2D eigenvalue weighted by Gasteiger charge is -2.20. The highest BCUT2D eigenvalue weighted by Crippen LogP contribution is 2.23. The predicted molar refractivity (Wildman–Crippen MR) is 69.8 cm³/mol. The highest BCUT2D eigenvalue weighted by atomic mass is 16.5. The predicted octanol–water partition coefficient (Wildman–Crippen LogP) is -0.914. The molecule has 1 aromatic carbocycles. The number of carbonyl (C=O) groups excluding carboxylic acids is 2. The van der Waals surface area contributed by atoms with Gasteiger partial charge in [-0.2, -0.15) is 0 Å². The second-order valence-electron chi connectivity index (χ2n) is 4.37. The summed E-state index contributed by atoms with van der Waals surface area (Å²) in [5, 5.41) is 7.40. The topological polar surface area (TPSA) is 84.0 Å². The van der Waals surface area contributed by atoms with Crippen molar-refractivity contribution in [2.75, 3.05) is 25.5 Å². The molecule has 0 radical (unpaired) electrons. The van der Waals surface area contributed by atoms with Crippen molar-refractivity contribution < 1.29 is 19.6 Å². The number of amides is 2. The Morgan fingerprint density at radius 3 is 3.05 bits per heavy atom. The Balaban J connectivity index is 1.95. The van der Waals surface area contributed by atoms with E-state index in [9.17, 15) is 9.59 Å². The van der Waals surface area contributed by atoms with E-state index in [4.69, 9.17) is 4.74 Å². The van der Waals surface area contributed by atoms with Crippen LogP contribution in [0, 0.1) is 0 Å². The molecular weight excluding hydrogens is 246 g/mol. The first-order chi connectivity index (χ1) is 9.20. The summed E-state index contributed by atoms with van der Waals surface area (Å²) >= 11 is 0. The highest BCUT2D eigenvalue weighted by Gasteiger charge is 2.28. The van der Waals surface area contributed by atoms with Crippen LogP contribution in [0.15, 0.2) is 24.3 Å². The second-order valence-corrected chi connectivity index (χ2v) is 4.37. The van der Waals surface area contributed by atoms with Gasteiger partial charge in [0.05, 0.1) is 32.3 Å². The van der Waals surface area contributed by atoms with Crippen LogP contribution < -0.4 is 20.7 Å². The van der Waals surface area contributed by atoms with Gasteiger partial charge in [-0.3, -0.25) is 9.59 Å². The van der Waals surface area contributed by atoms with Crippen LogP contribution in [0.25, 0.3) is 0 Å².